The van der Waals surface area contributed by atoms with E-state index in [1.165, 1.54) is 19.5 Å². The van der Waals surface area contributed by atoms with Gasteiger partial charge in [0.25, 0.3) is 5.91 Å². The highest BCUT2D eigenvalue weighted by Gasteiger charge is 2.35. The molecule has 0 spiro atoms. The fourth-order valence-electron chi connectivity index (χ4n) is 2.99. The van der Waals surface area contributed by atoms with Crippen molar-refractivity contribution in [1.29, 1.82) is 0 Å². The maximum absolute atomic E-state index is 12.8. The van der Waals surface area contributed by atoms with Gasteiger partial charge in [0.1, 0.15) is 0 Å². The van der Waals surface area contributed by atoms with Gasteiger partial charge in [0.05, 0.1) is 24.8 Å². The topological polar surface area (TPSA) is 93.7 Å². The zero-order valence-electron chi connectivity index (χ0n) is 14.3. The highest BCUT2D eigenvalue weighted by molar-refractivity contribution is 5.94. The Hall–Kier alpha value is -2.22. The number of carbonyl (C=O) groups is 2. The third-order valence-electron chi connectivity index (χ3n) is 4.28. The summed E-state index contributed by atoms with van der Waals surface area (Å²) in [4.78, 5) is 34.2. The molecule has 1 fully saturated rings. The van der Waals surface area contributed by atoms with Gasteiger partial charge in [-0.05, 0) is 19.3 Å². The lowest BCUT2D eigenvalue weighted by atomic mass is 9.94. The van der Waals surface area contributed by atoms with Crippen LogP contribution in [0.1, 0.15) is 36.0 Å². The van der Waals surface area contributed by atoms with Crippen LogP contribution < -0.4 is 10.1 Å². The van der Waals surface area contributed by atoms with E-state index in [9.17, 15) is 9.59 Å². The number of piperidine rings is 1. The molecular weight excluding hydrogens is 312 g/mol. The Morgan fingerprint density at radius 1 is 1.33 bits per heavy atom. The van der Waals surface area contributed by atoms with E-state index in [0.717, 1.165) is 12.8 Å². The van der Waals surface area contributed by atoms with E-state index in [2.05, 4.69) is 15.3 Å². The van der Waals surface area contributed by atoms with Crippen molar-refractivity contribution >= 4 is 11.8 Å². The zero-order valence-corrected chi connectivity index (χ0v) is 14.3. The van der Waals surface area contributed by atoms with Crippen molar-refractivity contribution in [3.05, 3.63) is 18.0 Å². The second-order valence-electron chi connectivity index (χ2n) is 5.65. The molecule has 0 unspecified atom stereocenters. The van der Waals surface area contributed by atoms with E-state index in [1.807, 2.05) is 0 Å². The third kappa shape index (κ3) is 4.19. The predicted octanol–water partition coefficient (Wildman–Crippen LogP) is 0.631. The average Bonchev–Trinajstić information content (AvgIpc) is 2.65. The van der Waals surface area contributed by atoms with Gasteiger partial charge in [0.2, 0.25) is 5.91 Å². The summed E-state index contributed by atoms with van der Waals surface area (Å²) in [6, 6.07) is 0.0757. The normalized spacial score (nSPS) is 20.5. The molecule has 0 aliphatic carbocycles. The number of methoxy groups -OCH3 is 2. The smallest absolute Gasteiger partial charge is 0.316 e. The molecule has 8 nitrogen and oxygen atoms in total. The Bertz CT molecular complexity index is 564. The summed E-state index contributed by atoms with van der Waals surface area (Å²) in [6.45, 7) is 0.628. The molecule has 1 aromatic rings. The van der Waals surface area contributed by atoms with Gasteiger partial charge in [-0.25, -0.2) is 9.97 Å². The molecular formula is C16H24N4O4. The van der Waals surface area contributed by atoms with Gasteiger partial charge in [-0.15, -0.1) is 0 Å². The van der Waals surface area contributed by atoms with Crippen LogP contribution in [0.2, 0.25) is 0 Å². The summed E-state index contributed by atoms with van der Waals surface area (Å²) in [5.41, 5.74) is 0.400. The average molecular weight is 336 g/mol. The van der Waals surface area contributed by atoms with Crippen molar-refractivity contribution in [3.63, 3.8) is 0 Å². The van der Waals surface area contributed by atoms with Crippen molar-refractivity contribution < 1.29 is 19.1 Å². The zero-order chi connectivity index (χ0) is 17.5. The molecule has 8 heteroatoms. The SMILES string of the molecule is CNC(=O)CC[C@H]1[C@@H](OC)CCCN1C(=O)c1cnc(OC)nc1. The molecule has 2 amide bonds. The lowest BCUT2D eigenvalue weighted by Crippen LogP contribution is -2.52. The van der Waals surface area contributed by atoms with Crippen LogP contribution in [0.5, 0.6) is 6.01 Å². The summed E-state index contributed by atoms with van der Waals surface area (Å²) in [5, 5.41) is 2.61. The number of likely N-dealkylation sites (tertiary alicyclic amines) is 1. The third-order valence-corrected chi connectivity index (χ3v) is 4.28. The van der Waals surface area contributed by atoms with E-state index >= 15 is 0 Å². The van der Waals surface area contributed by atoms with Crippen LogP contribution in [-0.4, -0.2) is 66.6 Å². The first-order valence-electron chi connectivity index (χ1n) is 8.01. The van der Waals surface area contributed by atoms with Crippen LogP contribution >= 0.6 is 0 Å². The number of hydrogen-bond acceptors (Lipinski definition) is 6. The van der Waals surface area contributed by atoms with Gasteiger partial charge in [-0.2, -0.15) is 0 Å². The summed E-state index contributed by atoms with van der Waals surface area (Å²) in [5.74, 6) is -0.197. The number of nitrogens with one attached hydrogen (secondary N) is 1. The molecule has 0 aromatic carbocycles. The van der Waals surface area contributed by atoms with Crippen LogP contribution in [0.25, 0.3) is 0 Å². The van der Waals surface area contributed by atoms with E-state index < -0.39 is 0 Å². The minimum absolute atomic E-state index is 0.0457. The highest BCUT2D eigenvalue weighted by Crippen LogP contribution is 2.25. The van der Waals surface area contributed by atoms with Gasteiger partial charge in [-0.1, -0.05) is 0 Å². The fraction of sp³-hybridized carbons (Fsp3) is 0.625. The van der Waals surface area contributed by atoms with E-state index in [1.54, 1.807) is 19.1 Å². The highest BCUT2D eigenvalue weighted by atomic mass is 16.5. The summed E-state index contributed by atoms with van der Waals surface area (Å²) >= 11 is 0. The number of hydrogen-bond donors (Lipinski definition) is 1. The van der Waals surface area contributed by atoms with Crippen LogP contribution in [0.3, 0.4) is 0 Å². The van der Waals surface area contributed by atoms with E-state index in [4.69, 9.17) is 9.47 Å². The molecule has 2 atom stereocenters. The second-order valence-corrected chi connectivity index (χ2v) is 5.65. The van der Waals surface area contributed by atoms with Crippen molar-refractivity contribution in [3.8, 4) is 6.01 Å². The molecule has 1 N–H and O–H groups in total. The summed E-state index contributed by atoms with van der Waals surface area (Å²) < 4.78 is 10.5. The first-order valence-corrected chi connectivity index (χ1v) is 8.01. The van der Waals surface area contributed by atoms with Gasteiger partial charge in [0, 0.05) is 39.5 Å². The molecule has 2 rings (SSSR count). The van der Waals surface area contributed by atoms with Crippen LogP contribution in [-0.2, 0) is 9.53 Å². The second kappa shape index (κ2) is 8.58. The van der Waals surface area contributed by atoms with E-state index in [0.29, 0.717) is 24.9 Å². The molecule has 1 saturated heterocycles. The molecule has 0 radical (unpaired) electrons. The first kappa shape index (κ1) is 18.1. The van der Waals surface area contributed by atoms with E-state index in [-0.39, 0.29) is 30.0 Å². The Kier molecular flexibility index (Phi) is 6.48. The first-order chi connectivity index (χ1) is 11.6. The maximum Gasteiger partial charge on any atom is 0.316 e. The molecule has 1 aliphatic rings. The number of aromatic nitrogens is 2. The largest absolute Gasteiger partial charge is 0.467 e. The number of ether oxygens (including phenoxy) is 2. The number of carbonyl (C=O) groups excluding carboxylic acids is 2. The fourth-order valence-corrected chi connectivity index (χ4v) is 2.99. The predicted molar refractivity (Wildman–Crippen MR) is 86.7 cm³/mol. The van der Waals surface area contributed by atoms with Crippen LogP contribution in [0, 0.1) is 0 Å². The molecule has 0 saturated carbocycles. The summed E-state index contributed by atoms with van der Waals surface area (Å²) in [7, 11) is 4.72. The monoisotopic (exact) mass is 336 g/mol. The standard InChI is InChI=1S/C16H24N4O4/c1-17-14(21)7-6-12-13(23-2)5-4-8-20(12)15(22)11-9-18-16(24-3)19-10-11/h9-10,12-13H,4-8H2,1-3H3,(H,17,21)/t12-,13-/m0/s1. The lowest BCUT2D eigenvalue weighted by Gasteiger charge is -2.40. The van der Waals surface area contributed by atoms with Gasteiger partial charge in [0.15, 0.2) is 0 Å². The van der Waals surface area contributed by atoms with Gasteiger partial charge < -0.3 is 19.7 Å². The Balaban J connectivity index is 2.15. The van der Waals surface area contributed by atoms with Crippen molar-refractivity contribution in [2.75, 3.05) is 27.8 Å². The van der Waals surface area contributed by atoms with Crippen molar-refractivity contribution in [2.45, 2.75) is 37.8 Å². The Morgan fingerprint density at radius 2 is 2.04 bits per heavy atom. The molecule has 0 bridgehead atoms. The number of nitrogens with zero attached hydrogens (tertiary/aromatic N) is 3. The van der Waals surface area contributed by atoms with Gasteiger partial charge in [-0.3, -0.25) is 9.59 Å². The van der Waals surface area contributed by atoms with Gasteiger partial charge >= 0.3 is 6.01 Å². The molecule has 1 aromatic heterocycles. The Labute approximate surface area is 141 Å². The molecule has 2 heterocycles. The number of amides is 2. The summed E-state index contributed by atoms with van der Waals surface area (Å²) in [6.07, 6.45) is 5.48. The number of rotatable bonds is 6. The molecule has 1 aliphatic heterocycles. The van der Waals surface area contributed by atoms with Crippen molar-refractivity contribution in [1.82, 2.24) is 20.2 Å². The minimum Gasteiger partial charge on any atom is -0.467 e. The molecule has 132 valence electrons. The molecule has 24 heavy (non-hydrogen) atoms. The Morgan fingerprint density at radius 3 is 2.62 bits per heavy atom. The maximum atomic E-state index is 12.8. The van der Waals surface area contributed by atoms with Crippen molar-refractivity contribution in [2.24, 2.45) is 0 Å². The lowest BCUT2D eigenvalue weighted by molar-refractivity contribution is -0.121. The minimum atomic E-state index is -0.152. The van der Waals surface area contributed by atoms with Crippen LogP contribution in [0.4, 0.5) is 0 Å². The van der Waals surface area contributed by atoms with Crippen LogP contribution in [0.15, 0.2) is 12.4 Å². The quantitative estimate of drug-likeness (QED) is 0.819.